The smallest absolute Gasteiger partial charge is 0.126 e. The molecule has 0 saturated heterocycles. The summed E-state index contributed by atoms with van der Waals surface area (Å²) in [7, 11) is 0. The van der Waals surface area contributed by atoms with Gasteiger partial charge in [0.15, 0.2) is 0 Å². The van der Waals surface area contributed by atoms with Crippen molar-refractivity contribution in [2.24, 2.45) is 5.16 Å². The number of benzene rings is 1. The molecule has 0 aromatic heterocycles. The molecule has 0 atom stereocenters. The molecule has 12 heavy (non-hydrogen) atoms. The van der Waals surface area contributed by atoms with E-state index in [1.54, 1.807) is 26.0 Å². The van der Waals surface area contributed by atoms with Gasteiger partial charge in [0, 0.05) is 0 Å². The lowest BCUT2D eigenvalue weighted by molar-refractivity contribution is 0.319. The van der Waals surface area contributed by atoms with Gasteiger partial charge in [0.25, 0.3) is 0 Å². The highest BCUT2D eigenvalue weighted by Gasteiger charge is 2.01. The van der Waals surface area contributed by atoms with Gasteiger partial charge in [-0.15, -0.1) is 0 Å². The standard InChI is InChI=1S/C9H10FNO/c1-6-5-8(7(2)11-12)3-4-9(6)10/h3-5,12H,1-2H3. The van der Waals surface area contributed by atoms with Crippen molar-refractivity contribution in [3.63, 3.8) is 0 Å². The number of hydrogen-bond acceptors (Lipinski definition) is 2. The Morgan fingerprint density at radius 2 is 2.17 bits per heavy atom. The average Bonchev–Trinajstić information content (AvgIpc) is 2.08. The van der Waals surface area contributed by atoms with Crippen LogP contribution in [0.4, 0.5) is 4.39 Å². The number of aryl methyl sites for hydroxylation is 1. The number of rotatable bonds is 1. The molecule has 64 valence electrons. The quantitative estimate of drug-likeness (QED) is 0.388. The Labute approximate surface area is 70.3 Å². The number of halogens is 1. The van der Waals surface area contributed by atoms with Crippen molar-refractivity contribution >= 4 is 5.71 Å². The fourth-order valence-electron chi connectivity index (χ4n) is 0.927. The van der Waals surface area contributed by atoms with E-state index in [9.17, 15) is 4.39 Å². The molecule has 1 aromatic carbocycles. The Hall–Kier alpha value is -1.38. The van der Waals surface area contributed by atoms with Crippen LogP contribution in [0.2, 0.25) is 0 Å². The van der Waals surface area contributed by atoms with Crippen molar-refractivity contribution < 1.29 is 9.60 Å². The van der Waals surface area contributed by atoms with Crippen molar-refractivity contribution in [2.75, 3.05) is 0 Å². The molecule has 1 aromatic rings. The zero-order valence-electron chi connectivity index (χ0n) is 7.00. The van der Waals surface area contributed by atoms with Crippen LogP contribution in [0.15, 0.2) is 23.4 Å². The van der Waals surface area contributed by atoms with Crippen LogP contribution in [0.25, 0.3) is 0 Å². The molecular formula is C9H10FNO. The molecule has 2 nitrogen and oxygen atoms in total. The Balaban J connectivity index is 3.13. The molecule has 1 rings (SSSR count). The molecule has 0 aliphatic rings. The molecule has 1 N–H and O–H groups in total. The third-order valence-corrected chi connectivity index (χ3v) is 1.73. The second-order valence-electron chi connectivity index (χ2n) is 2.65. The van der Waals surface area contributed by atoms with Gasteiger partial charge in [-0.25, -0.2) is 4.39 Å². The lowest BCUT2D eigenvalue weighted by atomic mass is 10.1. The summed E-state index contributed by atoms with van der Waals surface area (Å²) in [6.07, 6.45) is 0. The summed E-state index contributed by atoms with van der Waals surface area (Å²) in [5, 5.41) is 11.5. The lowest BCUT2D eigenvalue weighted by Crippen LogP contribution is -1.95. The van der Waals surface area contributed by atoms with Crippen molar-refractivity contribution in [3.8, 4) is 0 Å². The van der Waals surface area contributed by atoms with Gasteiger partial charge in [-0.05, 0) is 37.1 Å². The van der Waals surface area contributed by atoms with Crippen molar-refractivity contribution in [2.45, 2.75) is 13.8 Å². The third kappa shape index (κ3) is 1.61. The van der Waals surface area contributed by atoms with E-state index in [4.69, 9.17) is 5.21 Å². The molecule has 0 amide bonds. The first-order valence-corrected chi connectivity index (χ1v) is 3.60. The van der Waals surface area contributed by atoms with Gasteiger partial charge < -0.3 is 5.21 Å². The van der Waals surface area contributed by atoms with Gasteiger partial charge in [-0.3, -0.25) is 0 Å². The van der Waals surface area contributed by atoms with Gasteiger partial charge in [0.1, 0.15) is 5.82 Å². The fourth-order valence-corrected chi connectivity index (χ4v) is 0.927. The highest BCUT2D eigenvalue weighted by molar-refractivity contribution is 5.98. The Bertz CT molecular complexity index is 320. The Morgan fingerprint density at radius 3 is 2.67 bits per heavy atom. The number of oxime groups is 1. The van der Waals surface area contributed by atoms with Gasteiger partial charge in [0.05, 0.1) is 5.71 Å². The van der Waals surface area contributed by atoms with E-state index < -0.39 is 0 Å². The van der Waals surface area contributed by atoms with E-state index in [2.05, 4.69) is 5.16 Å². The summed E-state index contributed by atoms with van der Waals surface area (Å²) in [6.45, 7) is 3.33. The second-order valence-corrected chi connectivity index (χ2v) is 2.65. The molecule has 0 heterocycles. The molecule has 0 aliphatic heterocycles. The summed E-state index contributed by atoms with van der Waals surface area (Å²) < 4.78 is 12.8. The van der Waals surface area contributed by atoms with Crippen LogP contribution in [-0.4, -0.2) is 10.9 Å². The van der Waals surface area contributed by atoms with E-state index in [0.717, 1.165) is 5.56 Å². The van der Waals surface area contributed by atoms with Crippen LogP contribution in [0.5, 0.6) is 0 Å². The minimum Gasteiger partial charge on any atom is -0.411 e. The normalized spacial score (nSPS) is 11.8. The van der Waals surface area contributed by atoms with Gasteiger partial charge in [0.2, 0.25) is 0 Å². The van der Waals surface area contributed by atoms with Crippen LogP contribution in [0.1, 0.15) is 18.1 Å². The Kier molecular flexibility index (Phi) is 2.43. The minimum absolute atomic E-state index is 0.246. The van der Waals surface area contributed by atoms with E-state index in [-0.39, 0.29) is 5.82 Å². The molecule has 0 saturated carbocycles. The predicted octanol–water partition coefficient (Wildman–Crippen LogP) is 2.33. The van der Waals surface area contributed by atoms with Crippen molar-refractivity contribution in [1.82, 2.24) is 0 Å². The first kappa shape index (κ1) is 8.71. The maximum absolute atomic E-state index is 12.8. The SMILES string of the molecule is CC(=NO)c1ccc(F)c(C)c1. The summed E-state index contributed by atoms with van der Waals surface area (Å²) in [5.74, 6) is -0.246. The largest absolute Gasteiger partial charge is 0.411 e. The van der Waals surface area contributed by atoms with Crippen LogP contribution in [0, 0.1) is 12.7 Å². The number of hydrogen-bond donors (Lipinski definition) is 1. The van der Waals surface area contributed by atoms with Crippen molar-refractivity contribution in [3.05, 3.63) is 35.1 Å². The monoisotopic (exact) mass is 167 g/mol. The van der Waals surface area contributed by atoms with Crippen molar-refractivity contribution in [1.29, 1.82) is 0 Å². The molecule has 0 unspecified atom stereocenters. The minimum atomic E-state index is -0.246. The zero-order valence-corrected chi connectivity index (χ0v) is 7.00. The molecule has 0 radical (unpaired) electrons. The summed E-state index contributed by atoms with van der Waals surface area (Å²) in [4.78, 5) is 0. The van der Waals surface area contributed by atoms with Gasteiger partial charge in [-0.2, -0.15) is 0 Å². The molecule has 0 bridgehead atoms. The Morgan fingerprint density at radius 1 is 1.50 bits per heavy atom. The van der Waals surface area contributed by atoms with Crippen LogP contribution >= 0.6 is 0 Å². The molecule has 0 spiro atoms. The molecular weight excluding hydrogens is 157 g/mol. The third-order valence-electron chi connectivity index (χ3n) is 1.73. The average molecular weight is 167 g/mol. The summed E-state index contributed by atoms with van der Waals surface area (Å²) in [6, 6.07) is 4.58. The zero-order chi connectivity index (χ0) is 9.14. The summed E-state index contributed by atoms with van der Waals surface area (Å²) in [5.41, 5.74) is 1.77. The predicted molar refractivity (Wildman–Crippen MR) is 45.1 cm³/mol. The van der Waals surface area contributed by atoms with Crippen LogP contribution in [-0.2, 0) is 0 Å². The van der Waals surface area contributed by atoms with Crippen LogP contribution in [0.3, 0.4) is 0 Å². The topological polar surface area (TPSA) is 32.6 Å². The van der Waals surface area contributed by atoms with E-state index in [1.165, 1.54) is 6.07 Å². The van der Waals surface area contributed by atoms with E-state index >= 15 is 0 Å². The highest BCUT2D eigenvalue weighted by atomic mass is 19.1. The highest BCUT2D eigenvalue weighted by Crippen LogP contribution is 2.09. The maximum Gasteiger partial charge on any atom is 0.126 e. The van der Waals surface area contributed by atoms with E-state index in [1.807, 2.05) is 0 Å². The summed E-state index contributed by atoms with van der Waals surface area (Å²) >= 11 is 0. The second kappa shape index (κ2) is 3.34. The lowest BCUT2D eigenvalue weighted by Gasteiger charge is -2.00. The van der Waals surface area contributed by atoms with Gasteiger partial charge >= 0.3 is 0 Å². The fraction of sp³-hybridized carbons (Fsp3) is 0.222. The molecule has 0 fully saturated rings. The first-order valence-electron chi connectivity index (χ1n) is 3.60. The maximum atomic E-state index is 12.8. The number of nitrogens with zero attached hydrogens (tertiary/aromatic N) is 1. The molecule has 0 aliphatic carbocycles. The molecule has 3 heteroatoms. The van der Waals surface area contributed by atoms with E-state index in [0.29, 0.717) is 11.3 Å². The van der Waals surface area contributed by atoms with Gasteiger partial charge in [-0.1, -0.05) is 11.2 Å². The van der Waals surface area contributed by atoms with Crippen LogP contribution < -0.4 is 0 Å². The first-order chi connectivity index (χ1) is 5.65.